The molecule has 4 amide bonds. The number of anilines is 2. The van der Waals surface area contributed by atoms with E-state index in [1.807, 2.05) is 140 Å². The first kappa shape index (κ1) is 35.8. The minimum atomic E-state index is -0.573. The van der Waals surface area contributed by atoms with Gasteiger partial charge in [0.1, 0.15) is 22.3 Å². The van der Waals surface area contributed by atoms with Gasteiger partial charge in [0.05, 0.1) is 33.6 Å². The summed E-state index contributed by atoms with van der Waals surface area (Å²) in [5, 5.41) is 2.54. The normalized spacial score (nSPS) is 14.6. The number of hydrogen-bond acceptors (Lipinski definition) is 6. The molecule has 0 saturated heterocycles. The van der Waals surface area contributed by atoms with Gasteiger partial charge in [-0.2, -0.15) is 0 Å². The number of hydrogen-bond donors (Lipinski definition) is 0. The predicted octanol–water partition coefficient (Wildman–Crippen LogP) is 12.7. The molecule has 6 aromatic carbocycles. The molecule has 0 saturated carbocycles. The van der Waals surface area contributed by atoms with Crippen molar-refractivity contribution in [2.24, 2.45) is 0 Å². The topological polar surface area (TPSA) is 101 Å². The average molecular weight is 767 g/mol. The molecule has 58 heavy (non-hydrogen) atoms. The van der Waals surface area contributed by atoms with E-state index in [-0.39, 0.29) is 67.9 Å². The number of carbonyl (C=O) groups excluding carboxylic acids is 4. The van der Waals surface area contributed by atoms with Gasteiger partial charge in [-0.05, 0) is 58.1 Å². The lowest BCUT2D eigenvalue weighted by molar-refractivity contribution is 0.0874. The summed E-state index contributed by atoms with van der Waals surface area (Å²) < 4.78 is 13.4. The molecule has 2 aliphatic rings. The SMILES string of the molecule is CC(C)c1cccc(C(C)C)c1N1C(=O)c2c3oc4ccccc4c3c3c4c(c5oc6ccccc6c5c(c24)C1=O)C(=O)N(c1c(C(C)C)cccc1C(C)C)C3=O. The number of amides is 4. The van der Waals surface area contributed by atoms with Gasteiger partial charge in [-0.3, -0.25) is 19.2 Å². The van der Waals surface area contributed by atoms with Crippen molar-refractivity contribution in [2.75, 3.05) is 9.80 Å². The van der Waals surface area contributed by atoms with Crippen molar-refractivity contribution in [3.8, 4) is 0 Å². The summed E-state index contributed by atoms with van der Waals surface area (Å²) >= 11 is 0. The molecule has 0 bridgehead atoms. The maximum atomic E-state index is 15.7. The molecule has 2 aromatic heterocycles. The van der Waals surface area contributed by atoms with Crippen LogP contribution < -0.4 is 9.80 Å². The number of nitrogens with zero attached hydrogens (tertiary/aromatic N) is 2. The highest BCUT2D eigenvalue weighted by Crippen LogP contribution is 2.53. The summed E-state index contributed by atoms with van der Waals surface area (Å²) in [7, 11) is 0. The first-order valence-electron chi connectivity index (χ1n) is 20.1. The Morgan fingerprint density at radius 2 is 0.690 bits per heavy atom. The monoisotopic (exact) mass is 766 g/mol. The fourth-order valence-corrected chi connectivity index (χ4v) is 9.58. The highest BCUT2D eigenvalue weighted by Gasteiger charge is 2.48. The van der Waals surface area contributed by atoms with Gasteiger partial charge in [-0.1, -0.05) is 128 Å². The smallest absolute Gasteiger partial charge is 0.269 e. The first-order valence-corrected chi connectivity index (χ1v) is 20.1. The van der Waals surface area contributed by atoms with Gasteiger partial charge < -0.3 is 8.83 Å². The Balaban J connectivity index is 1.45. The summed E-state index contributed by atoms with van der Waals surface area (Å²) in [6, 6.07) is 26.6. The maximum absolute atomic E-state index is 15.7. The largest absolute Gasteiger partial charge is 0.455 e. The van der Waals surface area contributed by atoms with Crippen molar-refractivity contribution in [1.29, 1.82) is 0 Å². The number of para-hydroxylation sites is 4. The molecule has 8 aromatic rings. The lowest BCUT2D eigenvalue weighted by Gasteiger charge is -2.36. The van der Waals surface area contributed by atoms with Crippen LogP contribution in [0.4, 0.5) is 11.4 Å². The second-order valence-electron chi connectivity index (χ2n) is 16.9. The molecule has 0 atom stereocenters. The third-order valence-electron chi connectivity index (χ3n) is 12.2. The number of imide groups is 2. The second kappa shape index (κ2) is 12.5. The second-order valence-corrected chi connectivity index (χ2v) is 16.9. The first-order chi connectivity index (χ1) is 27.8. The predicted molar refractivity (Wildman–Crippen MR) is 230 cm³/mol. The molecule has 0 N–H and O–H groups in total. The van der Waals surface area contributed by atoms with Gasteiger partial charge in [-0.15, -0.1) is 0 Å². The zero-order chi connectivity index (χ0) is 40.6. The van der Waals surface area contributed by atoms with E-state index >= 15 is 19.2 Å². The number of furan rings is 2. The van der Waals surface area contributed by atoms with Crippen molar-refractivity contribution in [3.63, 3.8) is 0 Å². The third-order valence-corrected chi connectivity index (χ3v) is 12.2. The fourth-order valence-electron chi connectivity index (χ4n) is 9.58. The summed E-state index contributed by atoms with van der Waals surface area (Å²) in [6.45, 7) is 16.4. The van der Waals surface area contributed by atoms with Crippen molar-refractivity contribution in [2.45, 2.75) is 79.1 Å². The lowest BCUT2D eigenvalue weighted by atomic mass is 9.80. The van der Waals surface area contributed by atoms with Crippen LogP contribution >= 0.6 is 0 Å². The molecule has 8 heteroatoms. The highest BCUT2D eigenvalue weighted by molar-refractivity contribution is 6.51. The summed E-state index contributed by atoms with van der Waals surface area (Å²) in [6.07, 6.45) is 0. The number of rotatable bonds is 6. The Morgan fingerprint density at radius 1 is 0.379 bits per heavy atom. The molecule has 0 unspecified atom stereocenters. The quantitative estimate of drug-likeness (QED) is 0.156. The van der Waals surface area contributed by atoms with Crippen LogP contribution in [0.15, 0.2) is 93.8 Å². The van der Waals surface area contributed by atoms with Gasteiger partial charge in [0.2, 0.25) is 0 Å². The van der Waals surface area contributed by atoms with E-state index < -0.39 is 23.6 Å². The van der Waals surface area contributed by atoms with E-state index in [1.165, 1.54) is 9.80 Å². The van der Waals surface area contributed by atoms with Crippen LogP contribution in [0, 0.1) is 0 Å². The summed E-state index contributed by atoms with van der Waals surface area (Å²) in [5.74, 6) is -2.37. The van der Waals surface area contributed by atoms with Crippen LogP contribution in [-0.4, -0.2) is 23.6 Å². The van der Waals surface area contributed by atoms with E-state index in [1.54, 1.807) is 0 Å². The van der Waals surface area contributed by atoms with E-state index in [2.05, 4.69) is 0 Å². The van der Waals surface area contributed by atoms with Crippen LogP contribution in [0.5, 0.6) is 0 Å². The molecule has 8 nitrogen and oxygen atoms in total. The summed E-state index contributed by atoms with van der Waals surface area (Å²) in [4.78, 5) is 65.3. The number of carbonyl (C=O) groups is 4. The van der Waals surface area contributed by atoms with E-state index in [9.17, 15) is 0 Å². The van der Waals surface area contributed by atoms with Crippen molar-refractivity contribution >= 4 is 89.7 Å². The molecule has 2 aliphatic heterocycles. The van der Waals surface area contributed by atoms with E-state index in [0.29, 0.717) is 44.1 Å². The van der Waals surface area contributed by atoms with E-state index in [0.717, 1.165) is 22.3 Å². The molecule has 4 heterocycles. The van der Waals surface area contributed by atoms with Gasteiger partial charge in [-0.25, -0.2) is 9.80 Å². The summed E-state index contributed by atoms with van der Waals surface area (Å²) in [5.41, 5.74) is 6.49. The zero-order valence-electron chi connectivity index (χ0n) is 33.7. The highest BCUT2D eigenvalue weighted by atomic mass is 16.3. The Labute approximate surface area is 335 Å². The zero-order valence-corrected chi connectivity index (χ0v) is 33.7. The average Bonchev–Trinajstić information content (AvgIpc) is 3.77. The number of fused-ring (bicyclic) bond motifs is 10. The Bertz CT molecular complexity index is 2910. The molecule has 10 rings (SSSR count). The number of benzene rings is 6. The van der Waals surface area contributed by atoms with Gasteiger partial charge in [0.15, 0.2) is 0 Å². The van der Waals surface area contributed by atoms with Gasteiger partial charge in [0.25, 0.3) is 23.6 Å². The van der Waals surface area contributed by atoms with Crippen LogP contribution in [-0.2, 0) is 0 Å². The standard InChI is InChI=1S/C50H42N2O6/c1-23(2)27-17-13-18-28(24(3)4)43(27)51-47(53)39-35-31-15-9-11-21-33(31)58-46(35)42-38-37(39)41(49(51)55)45-36(32-16-10-12-22-34(32)57-45)40(38)48(54)52(50(42)56)44-29(25(5)6)19-14-20-30(44)26(7)8/h9-26H,1-8H3. The third kappa shape index (κ3) is 4.57. The minimum absolute atomic E-state index is 0.0299. The molecule has 0 fully saturated rings. The van der Waals surface area contributed by atoms with Crippen LogP contribution in [0.3, 0.4) is 0 Å². The Hall–Kier alpha value is -6.54. The van der Waals surface area contributed by atoms with Crippen molar-refractivity contribution < 1.29 is 28.0 Å². The van der Waals surface area contributed by atoms with Crippen LogP contribution in [0.1, 0.15) is 143 Å². The molecule has 0 spiro atoms. The maximum Gasteiger partial charge on any atom is 0.269 e. The Kier molecular flexibility index (Phi) is 7.71. The van der Waals surface area contributed by atoms with Crippen molar-refractivity contribution in [3.05, 3.63) is 129 Å². The van der Waals surface area contributed by atoms with E-state index in [4.69, 9.17) is 8.83 Å². The van der Waals surface area contributed by atoms with Crippen LogP contribution in [0.25, 0.3) is 54.6 Å². The molecule has 288 valence electrons. The van der Waals surface area contributed by atoms with Gasteiger partial charge >= 0.3 is 0 Å². The minimum Gasteiger partial charge on any atom is -0.455 e. The lowest BCUT2D eigenvalue weighted by Crippen LogP contribution is -2.45. The van der Waals surface area contributed by atoms with Crippen LogP contribution in [0.2, 0.25) is 0 Å². The molecular formula is C50H42N2O6. The molecule has 0 radical (unpaired) electrons. The Morgan fingerprint density at radius 3 is 1.02 bits per heavy atom. The van der Waals surface area contributed by atoms with Gasteiger partial charge in [0, 0.05) is 32.3 Å². The molecule has 0 aliphatic carbocycles. The fraction of sp³-hybridized carbons (Fsp3) is 0.240. The molecular weight excluding hydrogens is 725 g/mol. The van der Waals surface area contributed by atoms with Crippen molar-refractivity contribution in [1.82, 2.24) is 0 Å².